The zero-order chi connectivity index (χ0) is 12.4. The van der Waals surface area contributed by atoms with E-state index in [1.807, 2.05) is 23.1 Å². The van der Waals surface area contributed by atoms with Crippen molar-refractivity contribution in [2.24, 2.45) is 4.99 Å². The number of rotatable bonds is 2. The molecule has 2 unspecified atom stereocenters. The fourth-order valence-electron chi connectivity index (χ4n) is 2.41. The van der Waals surface area contributed by atoms with Crippen LogP contribution in [-0.2, 0) is 9.53 Å². The van der Waals surface area contributed by atoms with Crippen molar-refractivity contribution in [1.82, 2.24) is 9.88 Å². The van der Waals surface area contributed by atoms with Gasteiger partial charge >= 0.3 is 0 Å². The Kier molecular flexibility index (Phi) is 2.96. The van der Waals surface area contributed by atoms with Crippen LogP contribution in [-0.4, -0.2) is 41.3 Å². The van der Waals surface area contributed by atoms with E-state index in [0.717, 1.165) is 31.6 Å². The first kappa shape index (κ1) is 11.2. The van der Waals surface area contributed by atoms with Crippen molar-refractivity contribution in [3.05, 3.63) is 30.1 Å². The highest BCUT2D eigenvalue weighted by Gasteiger charge is 2.37. The normalized spacial score (nSPS) is 26.3. The lowest BCUT2D eigenvalue weighted by atomic mass is 10.1. The van der Waals surface area contributed by atoms with Gasteiger partial charge in [0.1, 0.15) is 0 Å². The molecule has 0 aromatic carbocycles. The monoisotopic (exact) mass is 245 g/mol. The van der Waals surface area contributed by atoms with Gasteiger partial charge < -0.3 is 9.64 Å². The molecule has 1 fully saturated rings. The van der Waals surface area contributed by atoms with E-state index >= 15 is 0 Å². The Labute approximate surface area is 105 Å². The summed E-state index contributed by atoms with van der Waals surface area (Å²) in [6.45, 7) is 1.67. The third-order valence-corrected chi connectivity index (χ3v) is 3.37. The summed E-state index contributed by atoms with van der Waals surface area (Å²) < 4.78 is 5.43. The summed E-state index contributed by atoms with van der Waals surface area (Å²) in [5, 5.41) is 0. The first-order valence-electron chi connectivity index (χ1n) is 6.23. The van der Waals surface area contributed by atoms with Crippen molar-refractivity contribution in [1.29, 1.82) is 0 Å². The van der Waals surface area contributed by atoms with Crippen LogP contribution in [0.2, 0.25) is 0 Å². The van der Waals surface area contributed by atoms with Gasteiger partial charge in [-0.15, -0.1) is 0 Å². The molecular formula is C13H15N3O2. The van der Waals surface area contributed by atoms with Gasteiger partial charge in [-0.1, -0.05) is 6.07 Å². The highest BCUT2D eigenvalue weighted by molar-refractivity contribution is 5.85. The van der Waals surface area contributed by atoms with Crippen LogP contribution in [0.3, 0.4) is 0 Å². The molecule has 18 heavy (non-hydrogen) atoms. The SMILES string of the molecule is O=C(C1N=COC1c1ccccn1)N1CCCC1. The van der Waals surface area contributed by atoms with E-state index in [1.165, 1.54) is 6.40 Å². The number of hydrogen-bond donors (Lipinski definition) is 0. The van der Waals surface area contributed by atoms with Crippen molar-refractivity contribution in [3.63, 3.8) is 0 Å². The first-order chi connectivity index (χ1) is 8.86. The summed E-state index contributed by atoms with van der Waals surface area (Å²) in [6.07, 6.45) is 4.86. The summed E-state index contributed by atoms with van der Waals surface area (Å²) in [5.74, 6) is 0.0527. The van der Waals surface area contributed by atoms with E-state index < -0.39 is 6.04 Å². The Balaban J connectivity index is 1.78. The van der Waals surface area contributed by atoms with Gasteiger partial charge in [0, 0.05) is 19.3 Å². The third kappa shape index (κ3) is 1.96. The molecule has 0 N–H and O–H groups in total. The lowest BCUT2D eigenvalue weighted by molar-refractivity contribution is -0.133. The Bertz CT molecular complexity index is 455. The zero-order valence-electron chi connectivity index (χ0n) is 10.0. The van der Waals surface area contributed by atoms with Crippen molar-refractivity contribution in [2.45, 2.75) is 25.0 Å². The molecule has 5 nitrogen and oxygen atoms in total. The molecule has 5 heteroatoms. The maximum atomic E-state index is 12.3. The topological polar surface area (TPSA) is 54.8 Å². The van der Waals surface area contributed by atoms with Gasteiger partial charge in [-0.25, -0.2) is 4.99 Å². The number of hydrogen-bond acceptors (Lipinski definition) is 4. The van der Waals surface area contributed by atoms with Crippen molar-refractivity contribution >= 4 is 12.3 Å². The van der Waals surface area contributed by atoms with E-state index in [1.54, 1.807) is 6.20 Å². The maximum absolute atomic E-state index is 12.3. The molecule has 3 rings (SSSR count). The third-order valence-electron chi connectivity index (χ3n) is 3.37. The van der Waals surface area contributed by atoms with E-state index in [-0.39, 0.29) is 12.0 Å². The summed E-state index contributed by atoms with van der Waals surface area (Å²) in [6, 6.07) is 5.12. The number of nitrogens with zero attached hydrogens (tertiary/aromatic N) is 3. The summed E-state index contributed by atoms with van der Waals surface area (Å²) in [5.41, 5.74) is 0.757. The molecule has 0 radical (unpaired) electrons. The van der Waals surface area contributed by atoms with Crippen molar-refractivity contribution in [3.8, 4) is 0 Å². The van der Waals surface area contributed by atoms with Gasteiger partial charge in [-0.3, -0.25) is 9.78 Å². The fourth-order valence-corrected chi connectivity index (χ4v) is 2.41. The van der Waals surface area contributed by atoms with Crippen molar-refractivity contribution < 1.29 is 9.53 Å². The average Bonchev–Trinajstić information content (AvgIpc) is 3.10. The van der Waals surface area contributed by atoms with E-state index in [2.05, 4.69) is 9.98 Å². The maximum Gasteiger partial charge on any atom is 0.251 e. The van der Waals surface area contributed by atoms with Crippen LogP contribution in [0.1, 0.15) is 24.6 Å². The summed E-state index contributed by atoms with van der Waals surface area (Å²) >= 11 is 0. The first-order valence-corrected chi connectivity index (χ1v) is 6.23. The quantitative estimate of drug-likeness (QED) is 0.786. The molecule has 0 spiro atoms. The second kappa shape index (κ2) is 4.76. The molecule has 0 aliphatic carbocycles. The number of ether oxygens (including phenoxy) is 1. The molecule has 1 aromatic heterocycles. The number of pyridine rings is 1. The van der Waals surface area contributed by atoms with Crippen LogP contribution in [0.5, 0.6) is 0 Å². The number of carbonyl (C=O) groups is 1. The Morgan fingerprint density at radius 1 is 1.33 bits per heavy atom. The standard InChI is InChI=1S/C13H15N3O2/c17-13(16-7-3-4-8-16)11-12(18-9-15-11)10-5-1-2-6-14-10/h1-2,5-6,9,11-12H,3-4,7-8H2. The molecule has 1 amide bonds. The molecule has 2 aliphatic heterocycles. The highest BCUT2D eigenvalue weighted by atomic mass is 16.5. The Morgan fingerprint density at radius 3 is 2.89 bits per heavy atom. The second-order valence-electron chi connectivity index (χ2n) is 4.54. The molecule has 94 valence electrons. The molecular weight excluding hydrogens is 230 g/mol. The van der Waals surface area contributed by atoms with Gasteiger partial charge in [-0.05, 0) is 25.0 Å². The number of amides is 1. The van der Waals surface area contributed by atoms with Gasteiger partial charge in [0.25, 0.3) is 5.91 Å². The molecule has 0 saturated carbocycles. The van der Waals surface area contributed by atoms with Gasteiger partial charge in [0.2, 0.25) is 0 Å². The van der Waals surface area contributed by atoms with Crippen LogP contribution >= 0.6 is 0 Å². The minimum atomic E-state index is -0.474. The van der Waals surface area contributed by atoms with E-state index in [0.29, 0.717) is 0 Å². The van der Waals surface area contributed by atoms with E-state index in [9.17, 15) is 4.79 Å². The Hall–Kier alpha value is -1.91. The van der Waals surface area contributed by atoms with Gasteiger partial charge in [0.05, 0.1) is 5.69 Å². The second-order valence-corrected chi connectivity index (χ2v) is 4.54. The van der Waals surface area contributed by atoms with Crippen LogP contribution in [0.15, 0.2) is 29.4 Å². The molecule has 2 atom stereocenters. The van der Waals surface area contributed by atoms with Crippen molar-refractivity contribution in [2.75, 3.05) is 13.1 Å². The summed E-state index contributed by atoms with van der Waals surface area (Å²) in [7, 11) is 0. The molecule has 3 heterocycles. The minimum Gasteiger partial charge on any atom is -0.471 e. The average molecular weight is 245 g/mol. The highest BCUT2D eigenvalue weighted by Crippen LogP contribution is 2.27. The van der Waals surface area contributed by atoms with Crippen LogP contribution < -0.4 is 0 Å². The predicted molar refractivity (Wildman–Crippen MR) is 66.2 cm³/mol. The van der Waals surface area contributed by atoms with Gasteiger partial charge in [-0.2, -0.15) is 0 Å². The number of aromatic nitrogens is 1. The zero-order valence-corrected chi connectivity index (χ0v) is 10.0. The predicted octanol–water partition coefficient (Wildman–Crippen LogP) is 1.17. The lowest BCUT2D eigenvalue weighted by Gasteiger charge is -2.21. The minimum absolute atomic E-state index is 0.0527. The Morgan fingerprint density at radius 2 is 2.17 bits per heavy atom. The number of aliphatic imine (C=N–C) groups is 1. The fraction of sp³-hybridized carbons (Fsp3) is 0.462. The largest absolute Gasteiger partial charge is 0.471 e. The summed E-state index contributed by atoms with van der Waals surface area (Å²) in [4.78, 5) is 22.6. The molecule has 0 bridgehead atoms. The van der Waals surface area contributed by atoms with Crippen LogP contribution in [0.25, 0.3) is 0 Å². The lowest BCUT2D eigenvalue weighted by Crippen LogP contribution is -2.38. The smallest absolute Gasteiger partial charge is 0.251 e. The van der Waals surface area contributed by atoms with Crippen LogP contribution in [0, 0.1) is 0 Å². The van der Waals surface area contributed by atoms with E-state index in [4.69, 9.17) is 4.74 Å². The van der Waals surface area contributed by atoms with Crippen LogP contribution in [0.4, 0.5) is 0 Å². The molecule has 1 aromatic rings. The number of carbonyl (C=O) groups excluding carboxylic acids is 1. The molecule has 1 saturated heterocycles. The molecule has 2 aliphatic rings. The van der Waals surface area contributed by atoms with Gasteiger partial charge in [0.15, 0.2) is 18.5 Å². The number of likely N-dealkylation sites (tertiary alicyclic amines) is 1.